The zero-order chi connectivity index (χ0) is 11.1. The van der Waals surface area contributed by atoms with Crippen molar-refractivity contribution in [1.82, 2.24) is 9.78 Å². The number of rotatable bonds is 1. The van der Waals surface area contributed by atoms with E-state index in [4.69, 9.17) is 4.74 Å². The van der Waals surface area contributed by atoms with Crippen LogP contribution in [0.2, 0.25) is 0 Å². The second-order valence-electron chi connectivity index (χ2n) is 5.07. The summed E-state index contributed by atoms with van der Waals surface area (Å²) in [4.78, 5) is 0. The van der Waals surface area contributed by atoms with Gasteiger partial charge in [0, 0.05) is 12.6 Å². The van der Waals surface area contributed by atoms with Crippen molar-refractivity contribution in [1.29, 1.82) is 0 Å². The molecule has 4 heteroatoms. The molecule has 2 heterocycles. The van der Waals surface area contributed by atoms with Crippen molar-refractivity contribution in [3.05, 3.63) is 18.0 Å². The summed E-state index contributed by atoms with van der Waals surface area (Å²) >= 11 is 0. The topological polar surface area (TPSA) is 47.3 Å². The lowest BCUT2D eigenvalue weighted by Gasteiger charge is -2.19. The highest BCUT2D eigenvalue weighted by Gasteiger charge is 2.27. The molecule has 0 bridgehead atoms. The normalized spacial score (nSPS) is 27.2. The molecule has 4 nitrogen and oxygen atoms in total. The minimum Gasteiger partial charge on any atom is -0.391 e. The minimum atomic E-state index is -0.338. The van der Waals surface area contributed by atoms with Gasteiger partial charge < -0.3 is 9.84 Å². The fraction of sp³-hybridized carbons (Fsp3) is 0.727. The summed E-state index contributed by atoms with van der Waals surface area (Å²) in [5.41, 5.74) is 0.914. The Kier molecular flexibility index (Phi) is 2.56. The Balaban J connectivity index is 2.14. The maximum atomic E-state index is 9.37. The smallest absolute Gasteiger partial charge is 0.104 e. The lowest BCUT2D eigenvalue weighted by atomic mass is 10.1. The van der Waals surface area contributed by atoms with Gasteiger partial charge in [-0.1, -0.05) is 0 Å². The summed E-state index contributed by atoms with van der Waals surface area (Å²) in [5.74, 6) is 0. The van der Waals surface area contributed by atoms with Gasteiger partial charge >= 0.3 is 0 Å². The first-order valence-corrected chi connectivity index (χ1v) is 5.32. The van der Waals surface area contributed by atoms with E-state index < -0.39 is 0 Å². The van der Waals surface area contributed by atoms with Crippen LogP contribution in [0.3, 0.4) is 0 Å². The van der Waals surface area contributed by atoms with Gasteiger partial charge in [-0.25, -0.2) is 0 Å². The Morgan fingerprint density at radius 1 is 1.53 bits per heavy atom. The Hall–Kier alpha value is -0.870. The highest BCUT2D eigenvalue weighted by Crippen LogP contribution is 2.28. The maximum absolute atomic E-state index is 9.37. The quantitative estimate of drug-likeness (QED) is 0.763. The number of aliphatic hydroxyl groups is 1. The third kappa shape index (κ3) is 2.21. The minimum absolute atomic E-state index is 0.00449. The summed E-state index contributed by atoms with van der Waals surface area (Å²) in [6, 6.07) is 1.97. The summed E-state index contributed by atoms with van der Waals surface area (Å²) in [7, 11) is 0. The van der Waals surface area contributed by atoms with Crippen molar-refractivity contribution in [2.75, 3.05) is 6.61 Å². The van der Waals surface area contributed by atoms with Crippen LogP contribution in [0, 0.1) is 0 Å². The Morgan fingerprint density at radius 3 is 2.73 bits per heavy atom. The second kappa shape index (κ2) is 3.61. The van der Waals surface area contributed by atoms with Crippen LogP contribution in [0.5, 0.6) is 0 Å². The molecule has 0 aliphatic carbocycles. The van der Waals surface area contributed by atoms with Gasteiger partial charge in [0.1, 0.15) is 6.10 Å². The van der Waals surface area contributed by atoms with Gasteiger partial charge in [0.15, 0.2) is 0 Å². The van der Waals surface area contributed by atoms with E-state index in [1.165, 1.54) is 0 Å². The van der Waals surface area contributed by atoms with Gasteiger partial charge in [0.25, 0.3) is 0 Å². The number of hydrogen-bond donors (Lipinski definition) is 1. The predicted molar refractivity (Wildman–Crippen MR) is 56.5 cm³/mol. The molecule has 1 aliphatic heterocycles. The van der Waals surface area contributed by atoms with Crippen molar-refractivity contribution in [2.45, 2.75) is 44.9 Å². The molecule has 0 unspecified atom stereocenters. The average Bonchev–Trinajstić information content (AvgIpc) is 2.69. The number of hydrogen-bond acceptors (Lipinski definition) is 3. The fourth-order valence-corrected chi connectivity index (χ4v) is 1.70. The van der Waals surface area contributed by atoms with E-state index in [0.717, 1.165) is 5.69 Å². The van der Waals surface area contributed by atoms with Gasteiger partial charge in [0.05, 0.1) is 23.9 Å². The monoisotopic (exact) mass is 210 g/mol. The van der Waals surface area contributed by atoms with Crippen molar-refractivity contribution in [3.8, 4) is 0 Å². The van der Waals surface area contributed by atoms with Crippen molar-refractivity contribution in [3.63, 3.8) is 0 Å². The van der Waals surface area contributed by atoms with E-state index in [1.807, 2.05) is 16.9 Å². The standard InChI is InChI=1S/C11H18N2O2/c1-11(2,3)13-5-4-9(12-13)10-6-8(14)7-15-10/h4-5,8,10,14H,6-7H2,1-3H3/t8-,10-/m1/s1. The molecule has 1 aromatic heterocycles. The second-order valence-corrected chi connectivity index (χ2v) is 5.07. The van der Waals surface area contributed by atoms with Crippen molar-refractivity contribution < 1.29 is 9.84 Å². The molecule has 0 saturated carbocycles. The molecule has 84 valence electrons. The van der Waals surface area contributed by atoms with Crippen LogP contribution in [0.15, 0.2) is 12.3 Å². The molecular weight excluding hydrogens is 192 g/mol. The SMILES string of the molecule is CC(C)(C)n1ccc([C@H]2C[C@@H](O)CO2)n1. The molecule has 1 saturated heterocycles. The Labute approximate surface area is 89.9 Å². The Bertz CT molecular complexity index is 341. The zero-order valence-electron chi connectivity index (χ0n) is 9.47. The molecule has 0 amide bonds. The third-order valence-corrected chi connectivity index (χ3v) is 2.60. The largest absolute Gasteiger partial charge is 0.391 e. The van der Waals surface area contributed by atoms with E-state index >= 15 is 0 Å². The highest BCUT2D eigenvalue weighted by atomic mass is 16.5. The van der Waals surface area contributed by atoms with Gasteiger partial charge in [-0.05, 0) is 26.8 Å². The summed E-state index contributed by atoms with van der Waals surface area (Å²) in [5, 5.41) is 13.8. The first kappa shape index (κ1) is 10.6. The molecule has 1 fully saturated rings. The molecule has 2 rings (SSSR count). The molecule has 2 atom stereocenters. The van der Waals surface area contributed by atoms with Crippen LogP contribution < -0.4 is 0 Å². The van der Waals surface area contributed by atoms with E-state index in [2.05, 4.69) is 25.9 Å². The fourth-order valence-electron chi connectivity index (χ4n) is 1.70. The van der Waals surface area contributed by atoms with Gasteiger partial charge in [-0.3, -0.25) is 4.68 Å². The molecule has 1 aliphatic rings. The Morgan fingerprint density at radius 2 is 2.27 bits per heavy atom. The van der Waals surface area contributed by atoms with Crippen LogP contribution in [-0.2, 0) is 10.3 Å². The lowest BCUT2D eigenvalue weighted by Crippen LogP contribution is -2.22. The first-order chi connectivity index (χ1) is 6.97. The van der Waals surface area contributed by atoms with E-state index in [-0.39, 0.29) is 17.7 Å². The number of aliphatic hydroxyl groups excluding tert-OH is 1. The van der Waals surface area contributed by atoms with Crippen LogP contribution >= 0.6 is 0 Å². The van der Waals surface area contributed by atoms with E-state index in [0.29, 0.717) is 13.0 Å². The van der Waals surface area contributed by atoms with Gasteiger partial charge in [-0.15, -0.1) is 0 Å². The van der Waals surface area contributed by atoms with Crippen LogP contribution in [0.4, 0.5) is 0 Å². The first-order valence-electron chi connectivity index (χ1n) is 5.32. The molecule has 0 spiro atoms. The summed E-state index contributed by atoms with van der Waals surface area (Å²) in [6.07, 6.45) is 2.24. The summed E-state index contributed by atoms with van der Waals surface area (Å²) in [6.45, 7) is 6.74. The molecule has 0 radical (unpaired) electrons. The maximum Gasteiger partial charge on any atom is 0.104 e. The van der Waals surface area contributed by atoms with Crippen LogP contribution in [0.25, 0.3) is 0 Å². The van der Waals surface area contributed by atoms with Crippen LogP contribution in [-0.4, -0.2) is 27.6 Å². The van der Waals surface area contributed by atoms with E-state index in [1.54, 1.807) is 0 Å². The van der Waals surface area contributed by atoms with Gasteiger partial charge in [-0.2, -0.15) is 5.10 Å². The zero-order valence-corrected chi connectivity index (χ0v) is 9.47. The molecular formula is C11H18N2O2. The molecule has 15 heavy (non-hydrogen) atoms. The number of ether oxygens (including phenoxy) is 1. The highest BCUT2D eigenvalue weighted by molar-refractivity contribution is 5.06. The average molecular weight is 210 g/mol. The predicted octanol–water partition coefficient (Wildman–Crippen LogP) is 1.46. The van der Waals surface area contributed by atoms with Crippen molar-refractivity contribution >= 4 is 0 Å². The van der Waals surface area contributed by atoms with Gasteiger partial charge in [0.2, 0.25) is 0 Å². The number of nitrogens with zero attached hydrogens (tertiary/aromatic N) is 2. The van der Waals surface area contributed by atoms with Crippen LogP contribution in [0.1, 0.15) is 39.0 Å². The van der Waals surface area contributed by atoms with E-state index in [9.17, 15) is 5.11 Å². The molecule has 0 aromatic carbocycles. The molecule has 1 aromatic rings. The molecule has 1 N–H and O–H groups in total. The number of aromatic nitrogens is 2. The third-order valence-electron chi connectivity index (χ3n) is 2.60. The summed E-state index contributed by atoms with van der Waals surface area (Å²) < 4.78 is 7.38. The lowest BCUT2D eigenvalue weighted by molar-refractivity contribution is 0.0860. The van der Waals surface area contributed by atoms with Crippen molar-refractivity contribution in [2.24, 2.45) is 0 Å².